The van der Waals surface area contributed by atoms with Crippen molar-refractivity contribution in [3.8, 4) is 0 Å². The first-order chi connectivity index (χ1) is 8.08. The van der Waals surface area contributed by atoms with Crippen molar-refractivity contribution in [3.63, 3.8) is 0 Å². The van der Waals surface area contributed by atoms with Gasteiger partial charge in [-0.15, -0.1) is 0 Å². The molecule has 17 heavy (non-hydrogen) atoms. The smallest absolute Gasteiger partial charge is 0.267 e. The fourth-order valence-corrected chi connectivity index (χ4v) is 1.73. The van der Waals surface area contributed by atoms with Crippen molar-refractivity contribution in [2.45, 2.75) is 19.8 Å². The fraction of sp³-hybridized carbons (Fsp3) is 0.333. The normalized spacial score (nSPS) is 15.8. The summed E-state index contributed by atoms with van der Waals surface area (Å²) < 4.78 is 0. The van der Waals surface area contributed by atoms with Crippen molar-refractivity contribution in [1.82, 2.24) is 5.43 Å². The van der Waals surface area contributed by atoms with Crippen LogP contribution in [0.15, 0.2) is 23.3 Å². The van der Waals surface area contributed by atoms with Crippen LogP contribution in [0.3, 0.4) is 0 Å². The lowest BCUT2D eigenvalue weighted by molar-refractivity contribution is 0.0954. The number of hydrogen-bond donors (Lipinski definition) is 1. The van der Waals surface area contributed by atoms with E-state index in [0.717, 1.165) is 18.6 Å². The molecule has 1 aromatic carbocycles. The summed E-state index contributed by atoms with van der Waals surface area (Å²) in [4.78, 5) is 11.7. The first-order valence-electron chi connectivity index (χ1n) is 5.37. The van der Waals surface area contributed by atoms with Gasteiger partial charge in [0.05, 0.1) is 10.0 Å². The molecule has 1 fully saturated rings. The highest BCUT2D eigenvalue weighted by atomic mass is 35.5. The Morgan fingerprint density at radius 2 is 2.06 bits per heavy atom. The second-order valence-electron chi connectivity index (χ2n) is 4.10. The highest BCUT2D eigenvalue weighted by molar-refractivity contribution is 6.42. The lowest BCUT2D eigenvalue weighted by Crippen LogP contribution is -2.19. The van der Waals surface area contributed by atoms with Gasteiger partial charge >= 0.3 is 0 Å². The summed E-state index contributed by atoms with van der Waals surface area (Å²) in [5, 5.41) is 4.85. The molecule has 1 aliphatic carbocycles. The maximum atomic E-state index is 11.7. The second-order valence-corrected chi connectivity index (χ2v) is 4.91. The quantitative estimate of drug-likeness (QED) is 0.663. The first-order valence-corrected chi connectivity index (χ1v) is 6.13. The Balaban J connectivity index is 2.03. The van der Waals surface area contributed by atoms with E-state index < -0.39 is 0 Å². The molecule has 0 unspecified atom stereocenters. The summed E-state index contributed by atoms with van der Waals surface area (Å²) >= 11 is 11.6. The first kappa shape index (κ1) is 12.4. The standard InChI is InChI=1S/C12H12Cl2N2O/c1-7(8-2-3-8)15-16-12(17)9-4-5-10(13)11(14)6-9/h4-6,8H,2-3H2,1H3,(H,16,17)/b15-7+. The SMILES string of the molecule is C/C(=N\NC(=O)c1ccc(Cl)c(Cl)c1)C1CC1. The van der Waals surface area contributed by atoms with Crippen LogP contribution in [0.5, 0.6) is 0 Å². The second kappa shape index (κ2) is 5.07. The van der Waals surface area contributed by atoms with Gasteiger partial charge in [-0.25, -0.2) is 5.43 Å². The van der Waals surface area contributed by atoms with Crippen LogP contribution in [0, 0.1) is 5.92 Å². The monoisotopic (exact) mass is 270 g/mol. The van der Waals surface area contributed by atoms with Crippen molar-refractivity contribution in [1.29, 1.82) is 0 Å². The van der Waals surface area contributed by atoms with Crippen molar-refractivity contribution >= 4 is 34.8 Å². The summed E-state index contributed by atoms with van der Waals surface area (Å²) in [6, 6.07) is 4.74. The molecule has 0 heterocycles. The molecule has 5 heteroatoms. The lowest BCUT2D eigenvalue weighted by Gasteiger charge is -2.03. The molecule has 0 spiro atoms. The Morgan fingerprint density at radius 3 is 2.65 bits per heavy atom. The van der Waals surface area contributed by atoms with Gasteiger partial charge in [0.15, 0.2) is 0 Å². The summed E-state index contributed by atoms with van der Waals surface area (Å²) in [6.07, 6.45) is 2.33. The van der Waals surface area contributed by atoms with Gasteiger partial charge in [-0.1, -0.05) is 23.2 Å². The van der Waals surface area contributed by atoms with E-state index in [1.807, 2.05) is 6.92 Å². The van der Waals surface area contributed by atoms with Crippen molar-refractivity contribution in [2.24, 2.45) is 11.0 Å². The van der Waals surface area contributed by atoms with E-state index in [4.69, 9.17) is 23.2 Å². The van der Waals surface area contributed by atoms with Crippen LogP contribution in [-0.2, 0) is 0 Å². The van der Waals surface area contributed by atoms with Gasteiger partial charge in [-0.2, -0.15) is 5.10 Å². The maximum absolute atomic E-state index is 11.7. The van der Waals surface area contributed by atoms with Crippen molar-refractivity contribution in [3.05, 3.63) is 33.8 Å². The number of nitrogens with zero attached hydrogens (tertiary/aromatic N) is 1. The van der Waals surface area contributed by atoms with Gasteiger partial charge < -0.3 is 0 Å². The van der Waals surface area contributed by atoms with Gasteiger partial charge in [0.2, 0.25) is 0 Å². The topological polar surface area (TPSA) is 41.5 Å². The number of carbonyl (C=O) groups is 1. The number of hydrazone groups is 1. The zero-order valence-electron chi connectivity index (χ0n) is 9.34. The molecular formula is C12H12Cl2N2O. The molecule has 2 rings (SSSR count). The Morgan fingerprint density at radius 1 is 1.35 bits per heavy atom. The predicted octanol–water partition coefficient (Wildman–Crippen LogP) is 3.51. The van der Waals surface area contributed by atoms with E-state index in [9.17, 15) is 4.79 Å². The minimum absolute atomic E-state index is 0.274. The number of carbonyl (C=O) groups excluding carboxylic acids is 1. The highest BCUT2D eigenvalue weighted by Gasteiger charge is 2.24. The largest absolute Gasteiger partial charge is 0.271 e. The van der Waals surface area contributed by atoms with Crippen LogP contribution in [0.2, 0.25) is 10.0 Å². The molecule has 0 bridgehead atoms. The van der Waals surface area contributed by atoms with E-state index >= 15 is 0 Å². The molecule has 1 aromatic rings. The van der Waals surface area contributed by atoms with Crippen LogP contribution in [-0.4, -0.2) is 11.6 Å². The maximum Gasteiger partial charge on any atom is 0.271 e. The molecule has 3 nitrogen and oxygen atoms in total. The number of amides is 1. The minimum atomic E-state index is -0.274. The van der Waals surface area contributed by atoms with Crippen molar-refractivity contribution in [2.75, 3.05) is 0 Å². The third-order valence-corrected chi connectivity index (χ3v) is 3.42. The average Bonchev–Trinajstić information content (AvgIpc) is 3.13. The lowest BCUT2D eigenvalue weighted by atomic mass is 10.2. The number of nitrogens with one attached hydrogen (secondary N) is 1. The molecule has 90 valence electrons. The summed E-state index contributed by atoms with van der Waals surface area (Å²) in [5.74, 6) is 0.271. The highest BCUT2D eigenvalue weighted by Crippen LogP contribution is 2.30. The Hall–Kier alpha value is -1.06. The van der Waals surface area contributed by atoms with Gasteiger partial charge in [-0.05, 0) is 43.9 Å². The van der Waals surface area contributed by atoms with Crippen LogP contribution in [0.25, 0.3) is 0 Å². The molecule has 0 radical (unpaired) electrons. The van der Waals surface area contributed by atoms with Crippen LogP contribution in [0.1, 0.15) is 30.1 Å². The van der Waals surface area contributed by atoms with E-state index in [0.29, 0.717) is 21.5 Å². The van der Waals surface area contributed by atoms with Gasteiger partial charge in [-0.3, -0.25) is 4.79 Å². The number of benzene rings is 1. The van der Waals surface area contributed by atoms with E-state index in [1.165, 1.54) is 6.07 Å². The fourth-order valence-electron chi connectivity index (χ4n) is 1.43. The number of rotatable bonds is 3. The van der Waals surface area contributed by atoms with Gasteiger partial charge in [0.25, 0.3) is 5.91 Å². The number of hydrogen-bond acceptors (Lipinski definition) is 2. The van der Waals surface area contributed by atoms with E-state index in [2.05, 4.69) is 10.5 Å². The molecule has 1 N–H and O–H groups in total. The zero-order valence-corrected chi connectivity index (χ0v) is 10.8. The molecule has 0 atom stereocenters. The molecule has 0 aliphatic heterocycles. The van der Waals surface area contributed by atoms with Gasteiger partial charge in [0.1, 0.15) is 0 Å². The molecule has 0 aromatic heterocycles. The third-order valence-electron chi connectivity index (χ3n) is 2.68. The Bertz CT molecular complexity index is 481. The van der Waals surface area contributed by atoms with E-state index in [-0.39, 0.29) is 5.91 Å². The van der Waals surface area contributed by atoms with Gasteiger partial charge in [0, 0.05) is 11.3 Å². The third kappa shape index (κ3) is 3.20. The molecule has 1 amide bonds. The predicted molar refractivity (Wildman–Crippen MR) is 69.8 cm³/mol. The van der Waals surface area contributed by atoms with Crippen LogP contribution < -0.4 is 5.43 Å². The Labute approximate surface area is 110 Å². The molecular weight excluding hydrogens is 259 g/mol. The summed E-state index contributed by atoms with van der Waals surface area (Å²) in [6.45, 7) is 1.92. The average molecular weight is 271 g/mol. The minimum Gasteiger partial charge on any atom is -0.267 e. The molecule has 1 saturated carbocycles. The van der Waals surface area contributed by atoms with Crippen LogP contribution in [0.4, 0.5) is 0 Å². The van der Waals surface area contributed by atoms with Crippen molar-refractivity contribution < 1.29 is 4.79 Å². The molecule has 0 saturated heterocycles. The molecule has 1 aliphatic rings. The van der Waals surface area contributed by atoms with E-state index in [1.54, 1.807) is 12.1 Å². The Kier molecular flexibility index (Phi) is 3.69. The zero-order chi connectivity index (χ0) is 12.4. The number of halogens is 2. The van der Waals surface area contributed by atoms with Crippen LogP contribution >= 0.6 is 23.2 Å². The summed E-state index contributed by atoms with van der Waals surface area (Å²) in [7, 11) is 0. The summed E-state index contributed by atoms with van der Waals surface area (Å²) in [5.41, 5.74) is 3.94.